The number of likely N-dealkylation sites (tertiary alicyclic amines) is 1. The van der Waals surface area contributed by atoms with E-state index >= 15 is 0 Å². The summed E-state index contributed by atoms with van der Waals surface area (Å²) in [4.78, 5) is 14.7. The first kappa shape index (κ1) is 20.6. The molecule has 1 amide bonds. The molecule has 5 atom stereocenters. The molecule has 0 unspecified atom stereocenters. The largest absolute Gasteiger partial charge is 0.444 e. The van der Waals surface area contributed by atoms with Crippen LogP contribution in [0.25, 0.3) is 0 Å². The van der Waals surface area contributed by atoms with Crippen molar-refractivity contribution in [1.82, 2.24) is 4.90 Å². The first-order valence-corrected chi connectivity index (χ1v) is 9.54. The molecule has 3 fully saturated rings. The zero-order chi connectivity index (χ0) is 20.3. The Morgan fingerprint density at radius 2 is 1.70 bits per heavy atom. The molecule has 1 aliphatic carbocycles. The number of hydrogen-bond donors (Lipinski definition) is 0. The van der Waals surface area contributed by atoms with Crippen LogP contribution < -0.4 is 0 Å². The van der Waals surface area contributed by atoms with Crippen molar-refractivity contribution in [1.29, 1.82) is 0 Å². The van der Waals surface area contributed by atoms with Crippen molar-refractivity contribution in [3.8, 4) is 0 Å². The summed E-state index contributed by atoms with van der Waals surface area (Å²) in [5, 5.41) is 0. The summed E-state index contributed by atoms with van der Waals surface area (Å²) in [6.07, 6.45) is 2.67. The Kier molecular flexibility index (Phi) is 4.91. The second-order valence-electron chi connectivity index (χ2n) is 8.99. The third kappa shape index (κ3) is 3.18. The van der Waals surface area contributed by atoms with Crippen LogP contribution in [0.5, 0.6) is 0 Å². The molecule has 0 aromatic carbocycles. The summed E-state index contributed by atoms with van der Waals surface area (Å²) in [7, 11) is 3.13. The van der Waals surface area contributed by atoms with E-state index in [9.17, 15) is 4.79 Å². The molecule has 2 aliphatic heterocycles. The number of piperidine rings is 1. The van der Waals surface area contributed by atoms with Crippen LogP contribution in [0.3, 0.4) is 0 Å². The number of hydrogen-bond acceptors (Lipinski definition) is 6. The number of methoxy groups -OCH3 is 2. The highest BCUT2D eigenvalue weighted by Gasteiger charge is 2.67. The van der Waals surface area contributed by atoms with E-state index in [-0.39, 0.29) is 29.8 Å². The molecular formula is C20H33NO6. The molecule has 3 rings (SSSR count). The molecule has 0 radical (unpaired) electrons. The van der Waals surface area contributed by atoms with Gasteiger partial charge in [0.15, 0.2) is 0 Å². The van der Waals surface area contributed by atoms with Crippen LogP contribution >= 0.6 is 0 Å². The highest BCUT2D eigenvalue weighted by Crippen LogP contribution is 2.56. The number of carbonyl (C=O) groups is 1. The number of rotatable bonds is 3. The van der Waals surface area contributed by atoms with E-state index in [4.69, 9.17) is 23.7 Å². The van der Waals surface area contributed by atoms with Crippen molar-refractivity contribution < 1.29 is 28.5 Å². The van der Waals surface area contributed by atoms with Crippen molar-refractivity contribution in [3.63, 3.8) is 0 Å². The van der Waals surface area contributed by atoms with Crippen LogP contribution in [0.1, 0.15) is 47.5 Å². The van der Waals surface area contributed by atoms with Gasteiger partial charge in [0.2, 0.25) is 11.6 Å². The molecule has 2 saturated heterocycles. The average Bonchev–Trinajstić information content (AvgIpc) is 3.35. The van der Waals surface area contributed by atoms with Crippen molar-refractivity contribution in [3.05, 3.63) is 12.7 Å². The van der Waals surface area contributed by atoms with Gasteiger partial charge in [0.05, 0.1) is 18.2 Å². The quantitative estimate of drug-likeness (QED) is 0.698. The fraction of sp³-hybridized carbons (Fsp3) is 0.850. The first-order chi connectivity index (χ1) is 12.5. The molecule has 0 N–H and O–H groups in total. The molecule has 2 heterocycles. The Labute approximate surface area is 161 Å². The van der Waals surface area contributed by atoms with Gasteiger partial charge in [-0.2, -0.15) is 0 Å². The molecule has 0 aromatic rings. The van der Waals surface area contributed by atoms with E-state index in [1.54, 1.807) is 26.0 Å². The third-order valence-corrected chi connectivity index (χ3v) is 6.21. The minimum Gasteiger partial charge on any atom is -0.444 e. The molecular weight excluding hydrogens is 350 g/mol. The van der Waals surface area contributed by atoms with E-state index in [2.05, 4.69) is 6.58 Å². The number of ether oxygens (including phenoxy) is 5. The van der Waals surface area contributed by atoms with Crippen LogP contribution in [0.2, 0.25) is 0 Å². The van der Waals surface area contributed by atoms with Crippen molar-refractivity contribution >= 4 is 6.09 Å². The van der Waals surface area contributed by atoms with Gasteiger partial charge in [-0.05, 0) is 47.5 Å². The van der Waals surface area contributed by atoms with Crippen LogP contribution in [-0.4, -0.2) is 66.7 Å². The smallest absolute Gasteiger partial charge is 0.410 e. The fourth-order valence-corrected chi connectivity index (χ4v) is 4.32. The standard InChI is InChI=1S/C20H33NO6/c1-9-13-15-14(25-18(5,23-7)19(6,24-8)26-15)12-21(20(13)10-11-20)16(22)27-17(2,3)4/h9,13-15H,1,10-12H2,2-8H3/t13-,14-,15-,18+,19+/m1/s1. The molecule has 1 saturated carbocycles. The lowest BCUT2D eigenvalue weighted by Gasteiger charge is -2.58. The van der Waals surface area contributed by atoms with Gasteiger partial charge < -0.3 is 23.7 Å². The molecule has 154 valence electrons. The maximum absolute atomic E-state index is 12.9. The molecule has 7 nitrogen and oxygen atoms in total. The van der Waals surface area contributed by atoms with E-state index in [1.807, 2.05) is 33.8 Å². The van der Waals surface area contributed by atoms with E-state index in [1.165, 1.54) is 0 Å². The fourth-order valence-electron chi connectivity index (χ4n) is 4.32. The van der Waals surface area contributed by atoms with Gasteiger partial charge in [0, 0.05) is 20.1 Å². The van der Waals surface area contributed by atoms with Crippen molar-refractivity contribution in [2.75, 3.05) is 20.8 Å². The van der Waals surface area contributed by atoms with Crippen molar-refractivity contribution in [2.24, 2.45) is 5.92 Å². The Hall–Kier alpha value is -1.15. The zero-order valence-corrected chi connectivity index (χ0v) is 17.5. The van der Waals surface area contributed by atoms with Crippen LogP contribution in [0.15, 0.2) is 12.7 Å². The topological polar surface area (TPSA) is 66.5 Å². The summed E-state index contributed by atoms with van der Waals surface area (Å²) in [5.41, 5.74) is -0.892. The number of carbonyl (C=O) groups excluding carboxylic acids is 1. The van der Waals surface area contributed by atoms with Crippen molar-refractivity contribution in [2.45, 2.75) is 82.4 Å². The van der Waals surface area contributed by atoms with Crippen LogP contribution in [-0.2, 0) is 23.7 Å². The summed E-state index contributed by atoms with van der Waals surface area (Å²) >= 11 is 0. The minimum atomic E-state index is -1.11. The Morgan fingerprint density at radius 1 is 1.15 bits per heavy atom. The van der Waals surface area contributed by atoms with E-state index < -0.39 is 17.2 Å². The predicted molar refractivity (Wildman–Crippen MR) is 99.2 cm³/mol. The van der Waals surface area contributed by atoms with Gasteiger partial charge in [0.25, 0.3) is 0 Å². The Bertz CT molecular complexity index is 612. The molecule has 0 bridgehead atoms. The van der Waals surface area contributed by atoms with Gasteiger partial charge in [0.1, 0.15) is 11.7 Å². The second-order valence-corrected chi connectivity index (χ2v) is 8.99. The summed E-state index contributed by atoms with van der Waals surface area (Å²) in [5.74, 6) is -2.27. The second kappa shape index (κ2) is 6.44. The summed E-state index contributed by atoms with van der Waals surface area (Å²) < 4.78 is 29.7. The zero-order valence-electron chi connectivity index (χ0n) is 17.5. The van der Waals surface area contributed by atoms with Gasteiger partial charge >= 0.3 is 6.09 Å². The number of amides is 1. The van der Waals surface area contributed by atoms with Gasteiger partial charge in [-0.15, -0.1) is 6.58 Å². The summed E-state index contributed by atoms with van der Waals surface area (Å²) in [6, 6.07) is 0. The lowest BCUT2D eigenvalue weighted by Crippen LogP contribution is -2.72. The van der Waals surface area contributed by atoms with Crippen LogP contribution in [0, 0.1) is 5.92 Å². The lowest BCUT2D eigenvalue weighted by atomic mass is 9.81. The average molecular weight is 383 g/mol. The normalized spacial score (nSPS) is 40.4. The lowest BCUT2D eigenvalue weighted by molar-refractivity contribution is -0.456. The predicted octanol–water partition coefficient (Wildman–Crippen LogP) is 3.08. The third-order valence-electron chi connectivity index (χ3n) is 6.21. The molecule has 1 spiro atoms. The molecule has 7 heteroatoms. The Balaban J connectivity index is 1.93. The van der Waals surface area contributed by atoms with Gasteiger partial charge in [-0.3, -0.25) is 4.90 Å². The molecule has 27 heavy (non-hydrogen) atoms. The maximum atomic E-state index is 12.9. The van der Waals surface area contributed by atoms with Crippen LogP contribution in [0.4, 0.5) is 4.79 Å². The Morgan fingerprint density at radius 3 is 2.15 bits per heavy atom. The van der Waals surface area contributed by atoms with E-state index in [0.717, 1.165) is 12.8 Å². The molecule has 0 aromatic heterocycles. The molecule has 3 aliphatic rings. The highest BCUT2D eigenvalue weighted by atomic mass is 16.8. The summed E-state index contributed by atoms with van der Waals surface area (Å²) in [6.45, 7) is 13.6. The highest BCUT2D eigenvalue weighted by molar-refractivity contribution is 5.70. The monoisotopic (exact) mass is 383 g/mol. The number of fused-ring (bicyclic) bond motifs is 1. The van der Waals surface area contributed by atoms with E-state index in [0.29, 0.717) is 6.54 Å². The maximum Gasteiger partial charge on any atom is 0.410 e. The first-order valence-electron chi connectivity index (χ1n) is 9.54. The van der Waals surface area contributed by atoms with Gasteiger partial charge in [-0.25, -0.2) is 4.79 Å². The number of nitrogens with zero attached hydrogens (tertiary/aromatic N) is 1. The van der Waals surface area contributed by atoms with Gasteiger partial charge in [-0.1, -0.05) is 6.08 Å². The SMILES string of the molecule is C=C[C@@H]1[C@H]2O[C@](C)(OC)[C@@](C)(OC)O[C@@H]2CN(C(=O)OC(C)(C)C)C12CC2. The minimum absolute atomic E-state index is 0.0837.